The van der Waals surface area contributed by atoms with Crippen LogP contribution in [0.25, 0.3) is 0 Å². The molecule has 6 nitrogen and oxygen atoms in total. The molecule has 0 aliphatic carbocycles. The third-order valence-electron chi connectivity index (χ3n) is 5.15. The first kappa shape index (κ1) is 17.6. The quantitative estimate of drug-likeness (QED) is 0.890. The summed E-state index contributed by atoms with van der Waals surface area (Å²) in [5.41, 5.74) is 1.02. The van der Waals surface area contributed by atoms with E-state index in [4.69, 9.17) is 4.74 Å². The predicted molar refractivity (Wildman–Crippen MR) is 95.3 cm³/mol. The van der Waals surface area contributed by atoms with Crippen molar-refractivity contribution in [1.82, 2.24) is 15.1 Å². The summed E-state index contributed by atoms with van der Waals surface area (Å²) < 4.78 is 5.14. The van der Waals surface area contributed by atoms with Crippen LogP contribution in [0.5, 0.6) is 5.75 Å². The second-order valence-electron chi connectivity index (χ2n) is 6.87. The zero-order valence-corrected chi connectivity index (χ0v) is 15.0. The summed E-state index contributed by atoms with van der Waals surface area (Å²) in [7, 11) is 1.63. The number of benzene rings is 1. The Morgan fingerprint density at radius 3 is 2.68 bits per heavy atom. The largest absolute Gasteiger partial charge is 0.497 e. The van der Waals surface area contributed by atoms with E-state index in [1.807, 2.05) is 34.1 Å². The molecule has 25 heavy (non-hydrogen) atoms. The van der Waals surface area contributed by atoms with Gasteiger partial charge >= 0.3 is 6.03 Å². The minimum absolute atomic E-state index is 0.0444. The van der Waals surface area contributed by atoms with Gasteiger partial charge in [0.15, 0.2) is 0 Å². The van der Waals surface area contributed by atoms with Crippen LogP contribution in [-0.4, -0.2) is 54.5 Å². The Bertz CT molecular complexity index is 617. The average Bonchev–Trinajstić information content (AvgIpc) is 2.93. The molecule has 1 N–H and O–H groups in total. The lowest BCUT2D eigenvalue weighted by Crippen LogP contribution is -2.48. The van der Waals surface area contributed by atoms with Gasteiger partial charge in [-0.2, -0.15) is 0 Å². The van der Waals surface area contributed by atoms with Crippen molar-refractivity contribution in [3.05, 3.63) is 29.8 Å². The van der Waals surface area contributed by atoms with Crippen LogP contribution in [0, 0.1) is 5.92 Å². The van der Waals surface area contributed by atoms with E-state index >= 15 is 0 Å². The molecule has 3 amide bonds. The van der Waals surface area contributed by atoms with Gasteiger partial charge in [-0.1, -0.05) is 19.1 Å². The molecule has 136 valence electrons. The summed E-state index contributed by atoms with van der Waals surface area (Å²) in [6.07, 6.45) is 2.85. The zero-order valence-electron chi connectivity index (χ0n) is 15.0. The number of ether oxygens (including phenoxy) is 1. The normalized spacial score (nSPS) is 22.7. The van der Waals surface area contributed by atoms with Crippen LogP contribution in [0.2, 0.25) is 0 Å². The van der Waals surface area contributed by atoms with Gasteiger partial charge in [-0.3, -0.25) is 4.79 Å². The van der Waals surface area contributed by atoms with E-state index in [0.29, 0.717) is 19.6 Å². The first-order valence-corrected chi connectivity index (χ1v) is 9.08. The molecule has 2 bridgehead atoms. The van der Waals surface area contributed by atoms with E-state index in [9.17, 15) is 9.59 Å². The molecule has 3 saturated heterocycles. The number of hydrogen-bond acceptors (Lipinski definition) is 3. The first-order valence-electron chi connectivity index (χ1n) is 9.08. The van der Waals surface area contributed by atoms with Crippen LogP contribution in [0.4, 0.5) is 4.79 Å². The van der Waals surface area contributed by atoms with Crippen molar-refractivity contribution in [2.24, 2.45) is 5.92 Å². The van der Waals surface area contributed by atoms with Crippen LogP contribution >= 0.6 is 0 Å². The molecule has 2 atom stereocenters. The molecule has 3 aliphatic rings. The van der Waals surface area contributed by atoms with Crippen molar-refractivity contribution in [2.45, 2.75) is 38.8 Å². The molecule has 3 aliphatic heterocycles. The van der Waals surface area contributed by atoms with Gasteiger partial charge in [-0.25, -0.2) is 4.79 Å². The molecule has 1 aromatic carbocycles. The number of rotatable bonds is 5. The second-order valence-corrected chi connectivity index (χ2v) is 6.87. The molecule has 0 spiro atoms. The second kappa shape index (κ2) is 7.76. The summed E-state index contributed by atoms with van der Waals surface area (Å²) in [5, 5.41) is 2.98. The predicted octanol–water partition coefficient (Wildman–Crippen LogP) is 2.24. The van der Waals surface area contributed by atoms with Crippen molar-refractivity contribution in [2.75, 3.05) is 26.7 Å². The van der Waals surface area contributed by atoms with Crippen molar-refractivity contribution in [3.8, 4) is 5.75 Å². The molecule has 6 heteroatoms. The van der Waals surface area contributed by atoms with Crippen LogP contribution in [0.15, 0.2) is 24.3 Å². The summed E-state index contributed by atoms with van der Waals surface area (Å²) in [6, 6.07) is 7.73. The first-order chi connectivity index (χ1) is 12.1. The Hall–Kier alpha value is -2.24. The fourth-order valence-electron chi connectivity index (χ4n) is 3.77. The third-order valence-corrected chi connectivity index (χ3v) is 5.15. The summed E-state index contributed by atoms with van der Waals surface area (Å²) in [5.74, 6) is 0.981. The summed E-state index contributed by atoms with van der Waals surface area (Å²) in [6.45, 7) is 4.52. The number of fused-ring (bicyclic) bond motifs is 4. The Labute approximate surface area is 149 Å². The Morgan fingerprint density at radius 2 is 2.00 bits per heavy atom. The Balaban J connectivity index is 1.59. The number of piperidine rings is 1. The standard InChI is InChI=1S/C19H27N3O3/c1-3-10-22-16-7-6-15(18(22)23)12-21(13-16)19(24)20-11-14-4-8-17(25-2)9-5-14/h4-5,8-9,15-16H,3,6-7,10-13H2,1-2H3,(H,20,24)/t15-,16+/m1/s1. The fourth-order valence-corrected chi connectivity index (χ4v) is 3.77. The smallest absolute Gasteiger partial charge is 0.317 e. The van der Waals surface area contributed by atoms with E-state index in [1.54, 1.807) is 7.11 Å². The minimum Gasteiger partial charge on any atom is -0.497 e. The summed E-state index contributed by atoms with van der Waals surface area (Å²) in [4.78, 5) is 29.0. The van der Waals surface area contributed by atoms with E-state index in [0.717, 1.165) is 37.1 Å². The number of carbonyl (C=O) groups is 2. The van der Waals surface area contributed by atoms with Crippen molar-refractivity contribution in [1.29, 1.82) is 0 Å². The number of amides is 3. The highest BCUT2D eigenvalue weighted by Crippen LogP contribution is 2.29. The molecular weight excluding hydrogens is 318 g/mol. The Kier molecular flexibility index (Phi) is 5.46. The molecule has 0 unspecified atom stereocenters. The molecule has 0 aromatic heterocycles. The number of nitrogens with zero attached hydrogens (tertiary/aromatic N) is 2. The SMILES string of the molecule is CCCN1C(=O)[C@@H]2CC[C@H]1CN(C(=O)NCc1ccc(OC)cc1)C2. The van der Waals surface area contributed by atoms with Gasteiger partial charge in [0.25, 0.3) is 0 Å². The summed E-state index contributed by atoms with van der Waals surface area (Å²) >= 11 is 0. The molecule has 3 fully saturated rings. The maximum Gasteiger partial charge on any atom is 0.317 e. The number of nitrogens with one attached hydrogen (secondary N) is 1. The van der Waals surface area contributed by atoms with Gasteiger partial charge in [0, 0.05) is 32.2 Å². The molecular formula is C19H27N3O3. The highest BCUT2D eigenvalue weighted by Gasteiger charge is 2.41. The van der Waals surface area contributed by atoms with Crippen molar-refractivity contribution < 1.29 is 14.3 Å². The topological polar surface area (TPSA) is 61.9 Å². The minimum atomic E-state index is -0.0844. The van der Waals surface area contributed by atoms with Gasteiger partial charge < -0.3 is 19.9 Å². The molecule has 1 aromatic rings. The number of methoxy groups -OCH3 is 1. The molecule has 4 rings (SSSR count). The Morgan fingerprint density at radius 1 is 1.24 bits per heavy atom. The lowest BCUT2D eigenvalue weighted by Gasteiger charge is -2.35. The highest BCUT2D eigenvalue weighted by atomic mass is 16.5. The van der Waals surface area contributed by atoms with Gasteiger partial charge in [-0.15, -0.1) is 0 Å². The number of urea groups is 1. The number of hydrogen-bond donors (Lipinski definition) is 1. The van der Waals surface area contributed by atoms with Crippen LogP contribution in [-0.2, 0) is 11.3 Å². The zero-order chi connectivity index (χ0) is 17.8. The van der Waals surface area contributed by atoms with Crippen LogP contribution < -0.4 is 10.1 Å². The molecule has 3 heterocycles. The van der Waals surface area contributed by atoms with E-state index in [-0.39, 0.29) is 23.9 Å². The lowest BCUT2D eigenvalue weighted by atomic mass is 9.94. The van der Waals surface area contributed by atoms with Crippen molar-refractivity contribution >= 4 is 11.9 Å². The van der Waals surface area contributed by atoms with Gasteiger partial charge in [0.05, 0.1) is 13.0 Å². The van der Waals surface area contributed by atoms with Gasteiger partial charge in [-0.05, 0) is 37.0 Å². The van der Waals surface area contributed by atoms with Gasteiger partial charge in [0.1, 0.15) is 5.75 Å². The van der Waals surface area contributed by atoms with Crippen LogP contribution in [0.3, 0.4) is 0 Å². The maximum atomic E-state index is 12.6. The van der Waals surface area contributed by atoms with E-state index in [2.05, 4.69) is 12.2 Å². The monoisotopic (exact) mass is 345 g/mol. The molecule has 0 saturated carbocycles. The van der Waals surface area contributed by atoms with E-state index < -0.39 is 0 Å². The van der Waals surface area contributed by atoms with Gasteiger partial charge in [0.2, 0.25) is 5.91 Å². The fraction of sp³-hybridized carbons (Fsp3) is 0.579. The molecule has 0 radical (unpaired) electrons. The average molecular weight is 345 g/mol. The van der Waals surface area contributed by atoms with E-state index in [1.165, 1.54) is 0 Å². The van der Waals surface area contributed by atoms with Crippen LogP contribution in [0.1, 0.15) is 31.7 Å². The lowest BCUT2D eigenvalue weighted by molar-refractivity contribution is -0.139. The highest BCUT2D eigenvalue weighted by molar-refractivity contribution is 5.82. The third kappa shape index (κ3) is 3.89. The maximum absolute atomic E-state index is 12.6. The number of carbonyl (C=O) groups excluding carboxylic acids is 2. The van der Waals surface area contributed by atoms with Crippen molar-refractivity contribution in [3.63, 3.8) is 0 Å².